The van der Waals surface area contributed by atoms with Gasteiger partial charge in [-0.1, -0.05) is 30.3 Å². The highest BCUT2D eigenvalue weighted by Gasteiger charge is 2.42. The fourth-order valence-corrected chi connectivity index (χ4v) is 3.94. The molecule has 3 N–H and O–H groups in total. The topological polar surface area (TPSA) is 120 Å². The van der Waals surface area contributed by atoms with Gasteiger partial charge in [0.15, 0.2) is 0 Å². The summed E-state index contributed by atoms with van der Waals surface area (Å²) in [6, 6.07) is 9.64. The Morgan fingerprint density at radius 2 is 1.97 bits per heavy atom. The molecule has 0 fully saturated rings. The number of carboxylic acid groups (broad SMARTS) is 1. The first-order valence-electron chi connectivity index (χ1n) is 8.93. The highest BCUT2D eigenvalue weighted by Crippen LogP contribution is 2.33. The van der Waals surface area contributed by atoms with E-state index in [0.29, 0.717) is 5.01 Å². The Kier molecular flexibility index (Phi) is 5.69. The van der Waals surface area contributed by atoms with E-state index in [1.807, 2.05) is 35.7 Å². The van der Waals surface area contributed by atoms with Gasteiger partial charge >= 0.3 is 5.97 Å². The Morgan fingerprint density at radius 3 is 2.62 bits per heavy atom. The summed E-state index contributed by atoms with van der Waals surface area (Å²) in [4.78, 5) is 42.0. The molecule has 2 heterocycles. The van der Waals surface area contributed by atoms with Crippen LogP contribution in [0.4, 0.5) is 0 Å². The van der Waals surface area contributed by atoms with Gasteiger partial charge in [-0.2, -0.15) is 0 Å². The van der Waals surface area contributed by atoms with Crippen molar-refractivity contribution in [1.82, 2.24) is 15.2 Å². The molecule has 0 spiro atoms. The number of aliphatic hydroxyl groups excluding tert-OH is 1. The Labute approximate surface area is 171 Å². The zero-order valence-electron chi connectivity index (χ0n) is 16.0. The molecule has 9 heteroatoms. The summed E-state index contributed by atoms with van der Waals surface area (Å²) in [7, 11) is 0. The van der Waals surface area contributed by atoms with Gasteiger partial charge in [-0.05, 0) is 13.8 Å². The van der Waals surface area contributed by atoms with Gasteiger partial charge in [-0.3, -0.25) is 14.4 Å². The molecule has 29 heavy (non-hydrogen) atoms. The molecule has 0 bridgehead atoms. The van der Waals surface area contributed by atoms with E-state index in [-0.39, 0.29) is 18.7 Å². The number of hydrogen-bond donors (Lipinski definition) is 3. The number of benzene rings is 1. The highest BCUT2D eigenvalue weighted by molar-refractivity contribution is 7.09. The molecule has 0 saturated carbocycles. The number of carbonyl (C=O) groups is 3. The lowest BCUT2D eigenvalue weighted by atomic mass is 9.89. The lowest BCUT2D eigenvalue weighted by Crippen LogP contribution is -2.53. The van der Waals surface area contributed by atoms with Gasteiger partial charge in [-0.15, -0.1) is 11.3 Å². The Hall–Kier alpha value is -3.20. The summed E-state index contributed by atoms with van der Waals surface area (Å²) < 4.78 is 0. The van der Waals surface area contributed by atoms with E-state index in [1.54, 1.807) is 13.8 Å². The molecule has 0 aliphatic carbocycles. The van der Waals surface area contributed by atoms with Gasteiger partial charge in [0.2, 0.25) is 0 Å². The van der Waals surface area contributed by atoms with Crippen LogP contribution < -0.4 is 5.32 Å². The van der Waals surface area contributed by atoms with E-state index < -0.39 is 35.4 Å². The number of nitrogens with zero attached hydrogens (tertiary/aromatic N) is 2. The predicted octanol–water partition coefficient (Wildman–Crippen LogP) is 2.33. The van der Waals surface area contributed by atoms with Gasteiger partial charge in [0.05, 0.1) is 12.2 Å². The van der Waals surface area contributed by atoms with Crippen LogP contribution in [0.1, 0.15) is 25.3 Å². The van der Waals surface area contributed by atoms with Gasteiger partial charge < -0.3 is 20.4 Å². The Morgan fingerprint density at radius 1 is 1.28 bits per heavy atom. The van der Waals surface area contributed by atoms with E-state index in [0.717, 1.165) is 11.3 Å². The van der Waals surface area contributed by atoms with Crippen molar-refractivity contribution < 1.29 is 24.6 Å². The summed E-state index contributed by atoms with van der Waals surface area (Å²) in [5.41, 5.74) is 0.595. The van der Waals surface area contributed by atoms with Crippen molar-refractivity contribution in [2.75, 3.05) is 6.54 Å². The van der Waals surface area contributed by atoms with E-state index in [4.69, 9.17) is 5.11 Å². The monoisotopic (exact) mass is 415 g/mol. The van der Waals surface area contributed by atoms with Crippen molar-refractivity contribution in [3.63, 3.8) is 0 Å². The molecule has 2 amide bonds. The summed E-state index contributed by atoms with van der Waals surface area (Å²) >= 11 is 1.40. The Balaban J connectivity index is 1.83. The number of aliphatic hydroxyl groups is 1. The lowest BCUT2D eigenvalue weighted by molar-refractivity contribution is -0.140. The van der Waals surface area contributed by atoms with Crippen LogP contribution in [0.25, 0.3) is 11.3 Å². The van der Waals surface area contributed by atoms with Gasteiger partial charge in [0.25, 0.3) is 11.8 Å². The quantitative estimate of drug-likeness (QED) is 0.623. The van der Waals surface area contributed by atoms with Gasteiger partial charge in [-0.25, -0.2) is 4.98 Å². The number of rotatable bonds is 6. The number of aromatic nitrogens is 1. The molecule has 1 aliphatic heterocycles. The fraction of sp³-hybridized carbons (Fsp3) is 0.300. The highest BCUT2D eigenvalue weighted by atomic mass is 32.1. The predicted molar refractivity (Wildman–Crippen MR) is 107 cm³/mol. The van der Waals surface area contributed by atoms with Gasteiger partial charge in [0.1, 0.15) is 22.9 Å². The van der Waals surface area contributed by atoms with Crippen molar-refractivity contribution in [2.24, 2.45) is 0 Å². The number of aliphatic carboxylic acids is 1. The van der Waals surface area contributed by atoms with Gasteiger partial charge in [0, 0.05) is 22.9 Å². The molecule has 0 unspecified atom stereocenters. The van der Waals surface area contributed by atoms with Crippen LogP contribution in [0.15, 0.2) is 47.0 Å². The summed E-state index contributed by atoms with van der Waals surface area (Å²) in [5, 5.41) is 23.7. The van der Waals surface area contributed by atoms with Crippen LogP contribution in [-0.4, -0.2) is 50.0 Å². The number of carboxylic acids is 1. The minimum Gasteiger partial charge on any atom is -0.511 e. The molecule has 8 nitrogen and oxygen atoms in total. The third-order valence-corrected chi connectivity index (χ3v) is 5.45. The molecule has 1 aliphatic rings. The Bertz CT molecular complexity index is 981. The average molecular weight is 415 g/mol. The van der Waals surface area contributed by atoms with Crippen molar-refractivity contribution in [1.29, 1.82) is 0 Å². The molecule has 1 aromatic carbocycles. The number of carbonyl (C=O) groups excluding carboxylic acids is 2. The van der Waals surface area contributed by atoms with Crippen LogP contribution in [-0.2, 0) is 20.9 Å². The maximum atomic E-state index is 13.0. The van der Waals surface area contributed by atoms with E-state index >= 15 is 0 Å². The third kappa shape index (κ3) is 4.45. The minimum absolute atomic E-state index is 0.0749. The van der Waals surface area contributed by atoms with Crippen LogP contribution in [0.2, 0.25) is 0 Å². The maximum absolute atomic E-state index is 13.0. The average Bonchev–Trinajstić information content (AvgIpc) is 3.12. The van der Waals surface area contributed by atoms with E-state index in [2.05, 4.69) is 10.3 Å². The standard InChI is InChI=1S/C20H21N3O5S/c1-20(2)8-14(24)17(18(27)21-9-16(25)26)19(28)23(20)10-15-22-13(11-29-15)12-6-4-3-5-7-12/h3-7,11,24H,8-10H2,1-2H3,(H,21,27)(H,25,26). The number of amides is 2. The number of nitrogens with one attached hydrogen (secondary N) is 1. The summed E-state index contributed by atoms with van der Waals surface area (Å²) in [6.07, 6.45) is 0.0749. The second-order valence-corrected chi connectivity index (χ2v) is 8.21. The number of thiazole rings is 1. The van der Waals surface area contributed by atoms with E-state index in [1.165, 1.54) is 16.2 Å². The summed E-state index contributed by atoms with van der Waals surface area (Å²) in [5.74, 6) is -3.14. The molecular formula is C20H21N3O5S. The van der Waals surface area contributed by atoms with Crippen molar-refractivity contribution in [2.45, 2.75) is 32.4 Å². The fourth-order valence-electron chi connectivity index (χ4n) is 3.15. The molecule has 2 aromatic rings. The molecule has 0 radical (unpaired) electrons. The summed E-state index contributed by atoms with van der Waals surface area (Å²) in [6.45, 7) is 3.11. The largest absolute Gasteiger partial charge is 0.511 e. The van der Waals surface area contributed by atoms with E-state index in [9.17, 15) is 19.5 Å². The third-order valence-electron chi connectivity index (χ3n) is 4.62. The normalized spacial score (nSPS) is 16.1. The zero-order valence-corrected chi connectivity index (χ0v) is 16.8. The first kappa shape index (κ1) is 20.5. The van der Waals surface area contributed by atoms with Crippen molar-refractivity contribution in [3.8, 4) is 11.3 Å². The van der Waals surface area contributed by atoms with Crippen molar-refractivity contribution >= 4 is 29.1 Å². The lowest BCUT2D eigenvalue weighted by Gasteiger charge is -2.41. The molecular weight excluding hydrogens is 394 g/mol. The number of hydrogen-bond acceptors (Lipinski definition) is 6. The van der Waals surface area contributed by atoms with Crippen molar-refractivity contribution in [3.05, 3.63) is 52.1 Å². The second kappa shape index (κ2) is 8.04. The minimum atomic E-state index is -1.24. The second-order valence-electron chi connectivity index (χ2n) is 7.27. The smallest absolute Gasteiger partial charge is 0.322 e. The first-order valence-corrected chi connectivity index (χ1v) is 9.81. The maximum Gasteiger partial charge on any atom is 0.322 e. The molecule has 1 aromatic heterocycles. The molecule has 0 saturated heterocycles. The zero-order chi connectivity index (χ0) is 21.2. The molecule has 0 atom stereocenters. The molecule has 152 valence electrons. The van der Waals surface area contributed by atoms with Crippen LogP contribution in [0.5, 0.6) is 0 Å². The van der Waals surface area contributed by atoms with Crippen LogP contribution in [0, 0.1) is 0 Å². The molecule has 3 rings (SSSR count). The van der Waals surface area contributed by atoms with Crippen LogP contribution in [0.3, 0.4) is 0 Å². The SMILES string of the molecule is CC1(C)CC(O)=C(C(=O)NCC(=O)O)C(=O)N1Cc1nc(-c2ccccc2)cs1. The first-order chi connectivity index (χ1) is 13.7. The van der Waals surface area contributed by atoms with Crippen LogP contribution >= 0.6 is 11.3 Å².